The molecule has 2 heteroatoms. The lowest BCUT2D eigenvalue weighted by molar-refractivity contribution is -0.119. The minimum Gasteiger partial charge on any atom is -0.303 e. The fraction of sp³-hybridized carbons (Fsp3) is 0.562. The Morgan fingerprint density at radius 2 is 1.89 bits per heavy atom. The number of rotatable bonds is 7. The number of ketones is 1. The molecule has 0 radical (unpaired) electrons. The molecule has 100 valence electrons. The van der Waals surface area contributed by atoms with Crippen molar-refractivity contribution >= 4 is 5.78 Å². The van der Waals surface area contributed by atoms with Crippen LogP contribution in [0, 0.1) is 5.41 Å². The van der Waals surface area contributed by atoms with Crippen LogP contribution in [0.3, 0.4) is 0 Å². The molecular weight excluding hydrogens is 222 g/mol. The van der Waals surface area contributed by atoms with E-state index in [4.69, 9.17) is 0 Å². The van der Waals surface area contributed by atoms with Gasteiger partial charge in [0.05, 0.1) is 6.04 Å². The molecule has 1 atom stereocenters. The van der Waals surface area contributed by atoms with Gasteiger partial charge >= 0.3 is 0 Å². The van der Waals surface area contributed by atoms with Gasteiger partial charge in [-0.1, -0.05) is 57.5 Å². The third-order valence-corrected chi connectivity index (χ3v) is 3.60. The summed E-state index contributed by atoms with van der Waals surface area (Å²) in [7, 11) is 0. The number of nitrogens with one attached hydrogen (secondary N) is 1. The van der Waals surface area contributed by atoms with E-state index in [0.29, 0.717) is 0 Å². The second kappa shape index (κ2) is 6.69. The molecule has 0 bridgehead atoms. The van der Waals surface area contributed by atoms with Gasteiger partial charge in [-0.05, 0) is 24.3 Å². The highest BCUT2D eigenvalue weighted by Gasteiger charge is 2.24. The van der Waals surface area contributed by atoms with Crippen LogP contribution in [0.5, 0.6) is 0 Å². The smallest absolute Gasteiger partial charge is 0.146 e. The van der Waals surface area contributed by atoms with Gasteiger partial charge < -0.3 is 5.32 Å². The average Bonchev–Trinajstić information content (AvgIpc) is 2.35. The zero-order chi connectivity index (χ0) is 13.6. The maximum atomic E-state index is 11.7. The van der Waals surface area contributed by atoms with E-state index in [9.17, 15) is 4.79 Å². The first-order valence-electron chi connectivity index (χ1n) is 6.72. The summed E-state index contributed by atoms with van der Waals surface area (Å²) in [6.45, 7) is 9.04. The Labute approximate surface area is 111 Å². The van der Waals surface area contributed by atoms with Gasteiger partial charge in [-0.3, -0.25) is 4.79 Å². The Bertz CT molecular complexity index is 370. The number of carbonyl (C=O) groups is 1. The van der Waals surface area contributed by atoms with Crippen LogP contribution in [0.1, 0.15) is 46.1 Å². The number of hydrogen-bond donors (Lipinski definition) is 1. The third-order valence-electron chi connectivity index (χ3n) is 3.60. The maximum Gasteiger partial charge on any atom is 0.146 e. The summed E-state index contributed by atoms with van der Waals surface area (Å²) in [5.41, 5.74) is 1.43. The molecule has 1 aromatic rings. The van der Waals surface area contributed by atoms with E-state index < -0.39 is 0 Å². The summed E-state index contributed by atoms with van der Waals surface area (Å²) >= 11 is 0. The highest BCUT2D eigenvalue weighted by atomic mass is 16.1. The molecule has 0 aliphatic rings. The van der Waals surface area contributed by atoms with E-state index in [2.05, 4.69) is 38.2 Å². The highest BCUT2D eigenvalue weighted by Crippen LogP contribution is 2.26. The van der Waals surface area contributed by atoms with E-state index in [-0.39, 0.29) is 17.2 Å². The van der Waals surface area contributed by atoms with Crippen molar-refractivity contribution in [1.82, 2.24) is 5.32 Å². The molecule has 1 rings (SSSR count). The Hall–Kier alpha value is -1.15. The monoisotopic (exact) mass is 247 g/mol. The van der Waals surface area contributed by atoms with E-state index in [1.54, 1.807) is 6.92 Å². The summed E-state index contributed by atoms with van der Waals surface area (Å²) in [5.74, 6) is 0.229. The van der Waals surface area contributed by atoms with Crippen LogP contribution in [-0.4, -0.2) is 11.8 Å². The normalized spacial score (nSPS) is 13.3. The van der Waals surface area contributed by atoms with Crippen molar-refractivity contribution in [3.05, 3.63) is 35.9 Å². The lowest BCUT2D eigenvalue weighted by Gasteiger charge is -2.28. The maximum absolute atomic E-state index is 11.7. The molecular formula is C16H25NO. The van der Waals surface area contributed by atoms with Crippen molar-refractivity contribution in [3.63, 3.8) is 0 Å². The zero-order valence-electron chi connectivity index (χ0n) is 12.0. The molecule has 0 saturated heterocycles. The van der Waals surface area contributed by atoms with Crippen molar-refractivity contribution in [2.75, 3.05) is 0 Å². The molecule has 0 heterocycles. The molecule has 0 saturated carbocycles. The lowest BCUT2D eigenvalue weighted by Crippen LogP contribution is -2.38. The average molecular weight is 247 g/mol. The zero-order valence-corrected chi connectivity index (χ0v) is 12.0. The summed E-state index contributed by atoms with van der Waals surface area (Å²) < 4.78 is 0. The van der Waals surface area contributed by atoms with Gasteiger partial charge in [0.1, 0.15) is 5.78 Å². The summed E-state index contributed by atoms with van der Waals surface area (Å²) in [6.07, 6.45) is 1.98. The van der Waals surface area contributed by atoms with E-state index in [1.165, 1.54) is 5.56 Å². The van der Waals surface area contributed by atoms with Crippen LogP contribution >= 0.6 is 0 Å². The van der Waals surface area contributed by atoms with E-state index >= 15 is 0 Å². The van der Waals surface area contributed by atoms with Crippen LogP contribution in [0.15, 0.2) is 30.3 Å². The highest BCUT2D eigenvalue weighted by molar-refractivity contribution is 5.81. The van der Waals surface area contributed by atoms with Gasteiger partial charge in [0.15, 0.2) is 0 Å². The molecule has 0 aliphatic carbocycles. The molecule has 0 fully saturated rings. The fourth-order valence-electron chi connectivity index (χ4n) is 1.89. The summed E-state index contributed by atoms with van der Waals surface area (Å²) in [5, 5.41) is 3.38. The number of hydrogen-bond acceptors (Lipinski definition) is 2. The molecule has 0 amide bonds. The molecule has 18 heavy (non-hydrogen) atoms. The number of benzene rings is 1. The molecule has 0 spiro atoms. The Morgan fingerprint density at radius 1 is 1.28 bits per heavy atom. The van der Waals surface area contributed by atoms with Crippen molar-refractivity contribution in [2.24, 2.45) is 5.41 Å². The minimum atomic E-state index is -0.0415. The topological polar surface area (TPSA) is 29.1 Å². The van der Waals surface area contributed by atoms with Gasteiger partial charge in [0, 0.05) is 6.54 Å². The first kappa shape index (κ1) is 14.9. The van der Waals surface area contributed by atoms with Crippen LogP contribution in [0.2, 0.25) is 0 Å². The van der Waals surface area contributed by atoms with Gasteiger partial charge in [-0.2, -0.15) is 0 Å². The van der Waals surface area contributed by atoms with Gasteiger partial charge in [-0.15, -0.1) is 0 Å². The Balaban J connectivity index is 2.56. The quantitative estimate of drug-likeness (QED) is 0.798. The van der Waals surface area contributed by atoms with Crippen molar-refractivity contribution < 1.29 is 4.79 Å². The fourth-order valence-corrected chi connectivity index (χ4v) is 1.89. The summed E-state index contributed by atoms with van der Waals surface area (Å²) in [6, 6.07) is 10.2. The number of Topliss-reactive ketones (excluding diaryl/α,β-unsaturated/α-hetero) is 1. The predicted octanol–water partition coefficient (Wildman–Crippen LogP) is 3.56. The largest absolute Gasteiger partial charge is 0.303 e. The van der Waals surface area contributed by atoms with Crippen LogP contribution in [0.4, 0.5) is 0 Å². The molecule has 1 N–H and O–H groups in total. The Kier molecular flexibility index (Phi) is 5.54. The van der Waals surface area contributed by atoms with Crippen LogP contribution in [0.25, 0.3) is 0 Å². The molecule has 0 aromatic heterocycles. The molecule has 1 aromatic carbocycles. The second-order valence-electron chi connectivity index (χ2n) is 5.75. The molecule has 2 nitrogen and oxygen atoms in total. The van der Waals surface area contributed by atoms with Crippen molar-refractivity contribution in [2.45, 2.75) is 53.1 Å². The first-order chi connectivity index (χ1) is 8.44. The first-order valence-corrected chi connectivity index (χ1v) is 6.72. The lowest BCUT2D eigenvalue weighted by atomic mass is 9.82. The second-order valence-corrected chi connectivity index (χ2v) is 5.75. The third kappa shape index (κ3) is 5.01. The van der Waals surface area contributed by atoms with Gasteiger partial charge in [0.2, 0.25) is 0 Å². The molecule has 1 unspecified atom stereocenters. The van der Waals surface area contributed by atoms with Gasteiger partial charge in [-0.25, -0.2) is 0 Å². The standard InChI is InChI=1S/C16H25NO/c1-5-16(3,4)11-15(13(2)18)17-12-14-9-7-6-8-10-14/h6-10,15,17H,5,11-12H2,1-4H3. The SMILES string of the molecule is CCC(C)(C)CC(NCc1ccccc1)C(C)=O. The van der Waals surface area contributed by atoms with Crippen LogP contribution < -0.4 is 5.32 Å². The number of carbonyl (C=O) groups excluding carboxylic acids is 1. The van der Waals surface area contributed by atoms with E-state index in [0.717, 1.165) is 19.4 Å². The predicted molar refractivity (Wildman–Crippen MR) is 76.4 cm³/mol. The Morgan fingerprint density at radius 3 is 2.39 bits per heavy atom. The van der Waals surface area contributed by atoms with Gasteiger partial charge in [0.25, 0.3) is 0 Å². The van der Waals surface area contributed by atoms with Crippen molar-refractivity contribution in [1.29, 1.82) is 0 Å². The van der Waals surface area contributed by atoms with Crippen molar-refractivity contribution in [3.8, 4) is 0 Å². The van der Waals surface area contributed by atoms with E-state index in [1.807, 2.05) is 18.2 Å². The van der Waals surface area contributed by atoms with Crippen LogP contribution in [-0.2, 0) is 11.3 Å². The minimum absolute atomic E-state index is 0.0415. The molecule has 0 aliphatic heterocycles. The summed E-state index contributed by atoms with van der Waals surface area (Å²) in [4.78, 5) is 11.7.